The van der Waals surface area contributed by atoms with E-state index in [0.29, 0.717) is 5.56 Å². The Morgan fingerprint density at radius 1 is 1.12 bits per heavy atom. The molecule has 0 bridgehead atoms. The second kappa shape index (κ2) is 8.87. The third-order valence-corrected chi connectivity index (χ3v) is 5.28. The predicted octanol–water partition coefficient (Wildman–Crippen LogP) is 2.21. The molecule has 0 spiro atoms. The number of hydrogen-bond acceptors (Lipinski definition) is 6. The molecule has 7 nitrogen and oxygen atoms in total. The molecule has 0 amide bonds. The molecule has 1 N–H and O–H groups in total. The van der Waals surface area contributed by atoms with Crippen molar-refractivity contribution in [1.29, 1.82) is 0 Å². The maximum Gasteiger partial charge on any atom is 0.330 e. The van der Waals surface area contributed by atoms with Gasteiger partial charge in [0.2, 0.25) is 10.0 Å². The number of rotatable bonds is 8. The van der Waals surface area contributed by atoms with E-state index in [-0.39, 0.29) is 28.4 Å². The Bertz CT molecular complexity index is 740. The van der Waals surface area contributed by atoms with Crippen LogP contribution in [0.2, 0.25) is 0 Å². The molecular weight excluding hydrogens is 346 g/mol. The molecule has 0 aliphatic heterocycles. The highest BCUT2D eigenvalue weighted by molar-refractivity contribution is 7.89. The number of carbonyl (C=O) groups excluding carboxylic acids is 1. The zero-order valence-electron chi connectivity index (χ0n) is 15.3. The highest BCUT2D eigenvalue weighted by Gasteiger charge is 2.26. The fourth-order valence-corrected chi connectivity index (χ4v) is 3.53. The molecule has 0 radical (unpaired) electrons. The highest BCUT2D eigenvalue weighted by atomic mass is 32.2. The highest BCUT2D eigenvalue weighted by Crippen LogP contribution is 2.36. The summed E-state index contributed by atoms with van der Waals surface area (Å²) in [5.41, 5.74) is 0.459. The Morgan fingerprint density at radius 3 is 2.24 bits per heavy atom. The Hall–Kier alpha value is -2.06. The number of sulfonamides is 1. The normalized spacial score (nSPS) is 13.1. The van der Waals surface area contributed by atoms with Crippen LogP contribution in [0, 0.1) is 5.92 Å². The van der Waals surface area contributed by atoms with Crippen molar-refractivity contribution in [2.75, 3.05) is 21.3 Å². The Morgan fingerprint density at radius 2 is 1.76 bits per heavy atom. The predicted molar refractivity (Wildman–Crippen MR) is 95.2 cm³/mol. The molecule has 1 rings (SSSR count). The molecular formula is C17H25NO6S. The van der Waals surface area contributed by atoms with Crippen LogP contribution < -0.4 is 14.2 Å². The average molecular weight is 371 g/mol. The van der Waals surface area contributed by atoms with Crippen molar-refractivity contribution < 1.29 is 27.4 Å². The number of hydrogen-bond donors (Lipinski definition) is 1. The Kier molecular flexibility index (Phi) is 7.44. The lowest BCUT2D eigenvalue weighted by Gasteiger charge is -2.20. The number of esters is 1. The summed E-state index contributed by atoms with van der Waals surface area (Å²) in [5, 5.41) is 0. The van der Waals surface area contributed by atoms with E-state index in [1.165, 1.54) is 39.5 Å². The summed E-state index contributed by atoms with van der Waals surface area (Å²) in [6, 6.07) is 2.72. The maximum absolute atomic E-state index is 12.8. The van der Waals surface area contributed by atoms with Gasteiger partial charge in [0.05, 0.1) is 21.3 Å². The fourth-order valence-electron chi connectivity index (χ4n) is 1.92. The van der Waals surface area contributed by atoms with Gasteiger partial charge in [-0.15, -0.1) is 0 Å². The maximum atomic E-state index is 12.8. The average Bonchev–Trinajstić information content (AvgIpc) is 2.57. The molecule has 25 heavy (non-hydrogen) atoms. The van der Waals surface area contributed by atoms with Crippen LogP contribution in [-0.4, -0.2) is 41.8 Å². The summed E-state index contributed by atoms with van der Waals surface area (Å²) < 4.78 is 43.2. The third-order valence-electron chi connectivity index (χ3n) is 3.71. The van der Waals surface area contributed by atoms with E-state index in [0.717, 1.165) is 0 Å². The molecule has 0 saturated heterocycles. The molecule has 0 aliphatic carbocycles. The molecule has 8 heteroatoms. The van der Waals surface area contributed by atoms with Gasteiger partial charge < -0.3 is 14.2 Å². The second-order valence-corrected chi connectivity index (χ2v) is 7.45. The number of nitrogens with one attached hydrogen (secondary N) is 1. The zero-order chi connectivity index (χ0) is 19.2. The summed E-state index contributed by atoms with van der Waals surface area (Å²) in [7, 11) is 0.183. The Labute approximate surface area is 149 Å². The monoisotopic (exact) mass is 371 g/mol. The topological polar surface area (TPSA) is 90.9 Å². The van der Waals surface area contributed by atoms with Gasteiger partial charge in [0, 0.05) is 12.1 Å². The van der Waals surface area contributed by atoms with Gasteiger partial charge in [0.1, 0.15) is 4.90 Å². The van der Waals surface area contributed by atoms with Gasteiger partial charge in [0.15, 0.2) is 11.5 Å². The lowest BCUT2D eigenvalue weighted by Crippen LogP contribution is -2.36. The van der Waals surface area contributed by atoms with E-state index in [2.05, 4.69) is 9.46 Å². The first kappa shape index (κ1) is 21.0. The number of benzene rings is 1. The van der Waals surface area contributed by atoms with Crippen molar-refractivity contribution >= 4 is 22.1 Å². The van der Waals surface area contributed by atoms with Crippen LogP contribution in [0.3, 0.4) is 0 Å². The van der Waals surface area contributed by atoms with Crippen molar-refractivity contribution in [2.45, 2.75) is 31.7 Å². The van der Waals surface area contributed by atoms with E-state index in [1.807, 2.05) is 13.8 Å². The van der Waals surface area contributed by atoms with Crippen LogP contribution in [0.1, 0.15) is 26.3 Å². The van der Waals surface area contributed by atoms with E-state index in [9.17, 15) is 13.2 Å². The van der Waals surface area contributed by atoms with Gasteiger partial charge in [0.25, 0.3) is 0 Å². The SMILES string of the molecule is COC(=O)C=Cc1cc(OC)c(OC)c(S(=O)(=O)NC(C)C(C)C)c1. The molecule has 1 unspecified atom stereocenters. The van der Waals surface area contributed by atoms with Gasteiger partial charge in [-0.3, -0.25) is 0 Å². The van der Waals surface area contributed by atoms with Crippen molar-refractivity contribution in [3.63, 3.8) is 0 Å². The summed E-state index contributed by atoms with van der Waals surface area (Å²) in [5.74, 6) is -0.0934. The number of carbonyl (C=O) groups is 1. The van der Waals surface area contributed by atoms with E-state index in [4.69, 9.17) is 9.47 Å². The van der Waals surface area contributed by atoms with Crippen LogP contribution in [0.4, 0.5) is 0 Å². The lowest BCUT2D eigenvalue weighted by molar-refractivity contribution is -0.134. The third kappa shape index (κ3) is 5.47. The minimum Gasteiger partial charge on any atom is -0.493 e. The lowest BCUT2D eigenvalue weighted by atomic mass is 10.1. The molecule has 1 atom stereocenters. The molecule has 1 aromatic rings. The van der Waals surface area contributed by atoms with Crippen molar-refractivity contribution in [3.05, 3.63) is 23.8 Å². The molecule has 0 heterocycles. The standard InChI is InChI=1S/C17H25NO6S/c1-11(2)12(3)18-25(20,21)15-10-13(7-8-16(19)23-5)9-14(22-4)17(15)24-6/h7-12,18H,1-6H3. The van der Waals surface area contributed by atoms with Crippen molar-refractivity contribution in [1.82, 2.24) is 4.72 Å². The first-order valence-corrected chi connectivity index (χ1v) is 9.19. The van der Waals surface area contributed by atoms with E-state index >= 15 is 0 Å². The van der Waals surface area contributed by atoms with Crippen LogP contribution in [-0.2, 0) is 19.6 Å². The van der Waals surface area contributed by atoms with Gasteiger partial charge in [-0.2, -0.15) is 0 Å². The molecule has 0 aliphatic rings. The van der Waals surface area contributed by atoms with Crippen LogP contribution >= 0.6 is 0 Å². The molecule has 140 valence electrons. The smallest absolute Gasteiger partial charge is 0.330 e. The Balaban J connectivity index is 3.45. The minimum absolute atomic E-state index is 0.0636. The van der Waals surface area contributed by atoms with Crippen LogP contribution in [0.25, 0.3) is 6.08 Å². The van der Waals surface area contributed by atoms with Gasteiger partial charge >= 0.3 is 5.97 Å². The molecule has 0 aromatic heterocycles. The molecule has 0 fully saturated rings. The van der Waals surface area contributed by atoms with Gasteiger partial charge in [-0.05, 0) is 36.6 Å². The van der Waals surface area contributed by atoms with Gasteiger partial charge in [-0.1, -0.05) is 13.8 Å². The van der Waals surface area contributed by atoms with Crippen LogP contribution in [0.5, 0.6) is 11.5 Å². The minimum atomic E-state index is -3.85. The molecule has 0 saturated carbocycles. The first-order chi connectivity index (χ1) is 11.7. The largest absolute Gasteiger partial charge is 0.493 e. The first-order valence-electron chi connectivity index (χ1n) is 7.70. The fraction of sp³-hybridized carbons (Fsp3) is 0.471. The summed E-state index contributed by atoms with van der Waals surface area (Å²) in [6.07, 6.45) is 2.64. The summed E-state index contributed by atoms with van der Waals surface area (Å²) in [4.78, 5) is 11.2. The summed E-state index contributed by atoms with van der Waals surface area (Å²) >= 11 is 0. The number of ether oxygens (including phenoxy) is 3. The molecule has 1 aromatic carbocycles. The second-order valence-electron chi connectivity index (χ2n) is 5.77. The van der Waals surface area contributed by atoms with E-state index < -0.39 is 16.0 Å². The quantitative estimate of drug-likeness (QED) is 0.556. The van der Waals surface area contributed by atoms with Gasteiger partial charge in [-0.25, -0.2) is 17.9 Å². The summed E-state index contributed by atoms with van der Waals surface area (Å²) in [6.45, 7) is 5.62. The number of methoxy groups -OCH3 is 3. The van der Waals surface area contributed by atoms with Crippen molar-refractivity contribution in [3.8, 4) is 11.5 Å². The van der Waals surface area contributed by atoms with Crippen LogP contribution in [0.15, 0.2) is 23.1 Å². The zero-order valence-corrected chi connectivity index (χ0v) is 16.1. The van der Waals surface area contributed by atoms with Crippen molar-refractivity contribution in [2.24, 2.45) is 5.92 Å². The van der Waals surface area contributed by atoms with E-state index in [1.54, 1.807) is 13.0 Å².